The quantitative estimate of drug-likeness (QED) is 0.501. The number of hydrogen-bond acceptors (Lipinski definition) is 4. The zero-order chi connectivity index (χ0) is 12.1. The predicted octanol–water partition coefficient (Wildman–Crippen LogP) is 2.88. The van der Waals surface area contributed by atoms with Crippen LogP contribution in [0.15, 0.2) is 21.1 Å². The molecule has 5 nitrogen and oxygen atoms in total. The molecule has 1 N–H and O–H groups in total. The number of aliphatic hydroxyl groups is 1. The number of aliphatic hydroxyl groups excluding tert-OH is 1. The summed E-state index contributed by atoms with van der Waals surface area (Å²) in [6.45, 7) is 0.397. The smallest absolute Gasteiger partial charge is 0.271 e. The summed E-state index contributed by atoms with van der Waals surface area (Å²) in [6, 6.07) is 2.75. The molecule has 0 saturated heterocycles. The summed E-state index contributed by atoms with van der Waals surface area (Å²) in [5.74, 6) is 0.499. The molecule has 0 aromatic heterocycles. The zero-order valence-corrected chi connectivity index (χ0v) is 11.3. The lowest BCUT2D eigenvalue weighted by atomic mass is 10.3. The lowest BCUT2D eigenvalue weighted by molar-refractivity contribution is -0.385. The van der Waals surface area contributed by atoms with Gasteiger partial charge in [-0.2, -0.15) is 0 Å². The standard InChI is InChI=1S/C9H9Br2NO4/c10-7-4-6(12(14)15)5-8(11)9(7)16-3-1-2-13/h4-5,13H,1-3H2. The van der Waals surface area contributed by atoms with E-state index in [1.807, 2.05) is 0 Å². The van der Waals surface area contributed by atoms with Crippen LogP contribution >= 0.6 is 31.9 Å². The molecule has 0 heterocycles. The second-order valence-corrected chi connectivity index (χ2v) is 4.63. The Morgan fingerprint density at radius 1 is 1.38 bits per heavy atom. The first-order valence-electron chi connectivity index (χ1n) is 4.43. The average Bonchev–Trinajstić information content (AvgIpc) is 2.21. The van der Waals surface area contributed by atoms with Gasteiger partial charge in [-0.1, -0.05) is 0 Å². The molecule has 0 spiro atoms. The molecule has 1 rings (SSSR count). The zero-order valence-electron chi connectivity index (χ0n) is 8.15. The maximum absolute atomic E-state index is 10.6. The van der Waals surface area contributed by atoms with Crippen molar-refractivity contribution in [3.63, 3.8) is 0 Å². The van der Waals surface area contributed by atoms with Crippen LogP contribution in [0.5, 0.6) is 5.75 Å². The predicted molar refractivity (Wildman–Crippen MR) is 65.7 cm³/mol. The molecule has 0 bridgehead atoms. The molecular formula is C9H9Br2NO4. The first-order chi connectivity index (χ1) is 7.56. The van der Waals surface area contributed by atoms with Gasteiger partial charge < -0.3 is 9.84 Å². The Bertz CT molecular complexity index is 374. The van der Waals surface area contributed by atoms with E-state index in [1.165, 1.54) is 12.1 Å². The summed E-state index contributed by atoms with van der Waals surface area (Å²) in [5, 5.41) is 19.2. The number of rotatable bonds is 5. The SMILES string of the molecule is O=[N+]([O-])c1cc(Br)c(OCCCO)c(Br)c1. The second kappa shape index (κ2) is 6.17. The molecule has 1 aromatic carbocycles. The van der Waals surface area contributed by atoms with E-state index in [0.29, 0.717) is 27.7 Å². The molecule has 0 aliphatic heterocycles. The molecule has 7 heteroatoms. The van der Waals surface area contributed by atoms with E-state index in [-0.39, 0.29) is 12.3 Å². The maximum atomic E-state index is 10.6. The van der Waals surface area contributed by atoms with Crippen molar-refractivity contribution in [2.24, 2.45) is 0 Å². The van der Waals surface area contributed by atoms with Crippen molar-refractivity contribution in [1.29, 1.82) is 0 Å². The van der Waals surface area contributed by atoms with E-state index in [9.17, 15) is 10.1 Å². The number of nitro groups is 1. The third kappa shape index (κ3) is 3.43. The molecule has 1 aromatic rings. The van der Waals surface area contributed by atoms with E-state index in [0.717, 1.165) is 0 Å². The Hall–Kier alpha value is -0.660. The molecule has 0 amide bonds. The summed E-state index contributed by atoms with van der Waals surface area (Å²) in [4.78, 5) is 10.1. The molecule has 16 heavy (non-hydrogen) atoms. The van der Waals surface area contributed by atoms with Crippen molar-refractivity contribution in [2.75, 3.05) is 13.2 Å². The molecule has 0 radical (unpaired) electrons. The van der Waals surface area contributed by atoms with Gasteiger partial charge in [0.15, 0.2) is 0 Å². The van der Waals surface area contributed by atoms with E-state index in [2.05, 4.69) is 31.9 Å². The number of nitro benzene ring substituents is 1. The van der Waals surface area contributed by atoms with Crippen molar-refractivity contribution in [3.05, 3.63) is 31.2 Å². The normalized spacial score (nSPS) is 10.2. The summed E-state index contributed by atoms with van der Waals surface area (Å²) < 4.78 is 6.38. The third-order valence-electron chi connectivity index (χ3n) is 1.74. The van der Waals surface area contributed by atoms with Crippen LogP contribution in [-0.2, 0) is 0 Å². The number of non-ortho nitro benzene ring substituents is 1. The topological polar surface area (TPSA) is 72.6 Å². The fourth-order valence-electron chi connectivity index (χ4n) is 1.03. The number of hydrogen-bond donors (Lipinski definition) is 1. The van der Waals surface area contributed by atoms with E-state index >= 15 is 0 Å². The van der Waals surface area contributed by atoms with Gasteiger partial charge in [0.05, 0.1) is 20.5 Å². The molecule has 0 aliphatic carbocycles. The third-order valence-corrected chi connectivity index (χ3v) is 2.92. The molecule has 88 valence electrons. The minimum absolute atomic E-state index is 0.0201. The van der Waals surface area contributed by atoms with Gasteiger partial charge in [-0.3, -0.25) is 10.1 Å². The van der Waals surface area contributed by atoms with E-state index in [1.54, 1.807) is 0 Å². The lowest BCUT2D eigenvalue weighted by Crippen LogP contribution is -2.01. The van der Waals surface area contributed by atoms with Gasteiger partial charge in [-0.15, -0.1) is 0 Å². The fraction of sp³-hybridized carbons (Fsp3) is 0.333. The van der Waals surface area contributed by atoms with Crippen molar-refractivity contribution in [3.8, 4) is 5.75 Å². The Kier molecular flexibility index (Phi) is 5.17. The molecule has 0 unspecified atom stereocenters. The summed E-state index contributed by atoms with van der Waals surface area (Å²) in [6.07, 6.45) is 0.510. The van der Waals surface area contributed by atoms with Crippen LogP contribution in [0.4, 0.5) is 5.69 Å². The van der Waals surface area contributed by atoms with Gasteiger partial charge in [0.2, 0.25) is 0 Å². The van der Waals surface area contributed by atoms with Crippen LogP contribution in [0, 0.1) is 10.1 Å². The highest BCUT2D eigenvalue weighted by atomic mass is 79.9. The Morgan fingerprint density at radius 2 is 1.94 bits per heavy atom. The average molecular weight is 355 g/mol. The molecule has 0 fully saturated rings. The van der Waals surface area contributed by atoms with Crippen LogP contribution < -0.4 is 4.74 Å². The molecule has 0 atom stereocenters. The molecular weight excluding hydrogens is 346 g/mol. The Balaban J connectivity index is 2.89. The summed E-state index contributed by atoms with van der Waals surface area (Å²) in [5.41, 5.74) is -0.0201. The largest absolute Gasteiger partial charge is 0.491 e. The van der Waals surface area contributed by atoms with Crippen molar-refractivity contribution in [2.45, 2.75) is 6.42 Å². The highest BCUT2D eigenvalue weighted by Crippen LogP contribution is 2.37. The van der Waals surface area contributed by atoms with Crippen LogP contribution in [-0.4, -0.2) is 23.2 Å². The Labute approximate surface area is 109 Å². The van der Waals surface area contributed by atoms with Crippen LogP contribution in [0.1, 0.15) is 6.42 Å². The first-order valence-corrected chi connectivity index (χ1v) is 6.02. The number of ether oxygens (including phenoxy) is 1. The van der Waals surface area contributed by atoms with E-state index < -0.39 is 4.92 Å². The first kappa shape index (κ1) is 13.4. The van der Waals surface area contributed by atoms with Gasteiger partial charge in [0.25, 0.3) is 5.69 Å². The number of halogens is 2. The highest BCUT2D eigenvalue weighted by molar-refractivity contribution is 9.11. The van der Waals surface area contributed by atoms with Crippen molar-refractivity contribution in [1.82, 2.24) is 0 Å². The minimum atomic E-state index is -0.479. The number of nitrogens with zero attached hydrogens (tertiary/aromatic N) is 1. The van der Waals surface area contributed by atoms with Gasteiger partial charge in [-0.25, -0.2) is 0 Å². The van der Waals surface area contributed by atoms with Crippen LogP contribution in [0.25, 0.3) is 0 Å². The van der Waals surface area contributed by atoms with Gasteiger partial charge in [0.1, 0.15) is 5.75 Å². The van der Waals surface area contributed by atoms with Crippen LogP contribution in [0.2, 0.25) is 0 Å². The van der Waals surface area contributed by atoms with Crippen molar-refractivity contribution < 1.29 is 14.8 Å². The minimum Gasteiger partial charge on any atom is -0.491 e. The second-order valence-electron chi connectivity index (χ2n) is 2.92. The van der Waals surface area contributed by atoms with E-state index in [4.69, 9.17) is 9.84 Å². The highest BCUT2D eigenvalue weighted by Gasteiger charge is 2.14. The number of benzene rings is 1. The lowest BCUT2D eigenvalue weighted by Gasteiger charge is -2.09. The molecule has 0 aliphatic rings. The fourth-order valence-corrected chi connectivity index (χ4v) is 2.42. The van der Waals surface area contributed by atoms with Gasteiger partial charge >= 0.3 is 0 Å². The van der Waals surface area contributed by atoms with Gasteiger partial charge in [0, 0.05) is 25.2 Å². The summed E-state index contributed by atoms with van der Waals surface area (Å²) in [7, 11) is 0. The Morgan fingerprint density at radius 3 is 2.38 bits per heavy atom. The van der Waals surface area contributed by atoms with Crippen LogP contribution in [0.3, 0.4) is 0 Å². The summed E-state index contributed by atoms with van der Waals surface area (Å²) >= 11 is 6.39. The maximum Gasteiger partial charge on any atom is 0.271 e. The van der Waals surface area contributed by atoms with Gasteiger partial charge in [-0.05, 0) is 31.9 Å². The molecule has 0 saturated carbocycles. The van der Waals surface area contributed by atoms with Crippen molar-refractivity contribution >= 4 is 37.5 Å². The monoisotopic (exact) mass is 353 g/mol.